The van der Waals surface area contributed by atoms with E-state index in [2.05, 4.69) is 15.9 Å². The van der Waals surface area contributed by atoms with Gasteiger partial charge in [-0.3, -0.25) is 0 Å². The van der Waals surface area contributed by atoms with Crippen LogP contribution < -0.4 is 0 Å². The van der Waals surface area contributed by atoms with E-state index in [1.165, 1.54) is 0 Å². The van der Waals surface area contributed by atoms with E-state index in [1.807, 2.05) is 12.2 Å². The summed E-state index contributed by atoms with van der Waals surface area (Å²) < 4.78 is 17.7. The Morgan fingerprint density at radius 3 is 2.82 bits per heavy atom. The molecule has 0 amide bonds. The van der Waals surface area contributed by atoms with Crippen molar-refractivity contribution in [3.8, 4) is 0 Å². The molecule has 1 rings (SSSR count). The molecule has 1 aliphatic carbocycles. The van der Waals surface area contributed by atoms with Gasteiger partial charge in [-0.25, -0.2) is 4.39 Å². The lowest BCUT2D eigenvalue weighted by atomic mass is 10.2. The second-order valence-corrected chi connectivity index (χ2v) is 3.09. The maximum Gasteiger partial charge on any atom is 0.129 e. The standard InChI is InChI=1S/C8H10BrFO/c9-7-3-1-2-4-8(7)11-6-5-10/h3-4H,1-2,5-6H2. The van der Waals surface area contributed by atoms with Crippen molar-refractivity contribution in [2.75, 3.05) is 13.3 Å². The second-order valence-electron chi connectivity index (χ2n) is 2.24. The molecule has 0 bridgehead atoms. The largest absolute Gasteiger partial charge is 0.490 e. The van der Waals surface area contributed by atoms with Crippen LogP contribution in [0.5, 0.6) is 0 Å². The van der Waals surface area contributed by atoms with Crippen LogP contribution >= 0.6 is 15.9 Å². The van der Waals surface area contributed by atoms with Crippen LogP contribution in [0, 0.1) is 0 Å². The van der Waals surface area contributed by atoms with Gasteiger partial charge in [0.1, 0.15) is 19.0 Å². The minimum absolute atomic E-state index is 0.148. The molecule has 0 spiro atoms. The molecule has 0 aromatic carbocycles. The first-order valence-corrected chi connectivity index (χ1v) is 4.39. The molecule has 0 aromatic heterocycles. The van der Waals surface area contributed by atoms with Gasteiger partial charge in [0.2, 0.25) is 0 Å². The minimum Gasteiger partial charge on any atom is -0.490 e. The van der Waals surface area contributed by atoms with E-state index < -0.39 is 6.67 Å². The van der Waals surface area contributed by atoms with Crippen LogP contribution in [0.15, 0.2) is 22.4 Å². The molecule has 62 valence electrons. The first-order chi connectivity index (χ1) is 5.34. The van der Waals surface area contributed by atoms with Crippen LogP contribution in [0.25, 0.3) is 0 Å². The zero-order chi connectivity index (χ0) is 8.10. The lowest BCUT2D eigenvalue weighted by molar-refractivity contribution is 0.195. The number of hydrogen-bond donors (Lipinski definition) is 0. The fraction of sp³-hybridized carbons (Fsp3) is 0.500. The molecule has 3 heteroatoms. The number of rotatable bonds is 3. The van der Waals surface area contributed by atoms with E-state index in [4.69, 9.17) is 4.74 Å². The molecule has 0 heterocycles. The van der Waals surface area contributed by atoms with Gasteiger partial charge in [-0.05, 0) is 34.8 Å². The Bertz CT molecular complexity index is 187. The van der Waals surface area contributed by atoms with E-state index >= 15 is 0 Å². The molecule has 0 atom stereocenters. The van der Waals surface area contributed by atoms with Gasteiger partial charge >= 0.3 is 0 Å². The number of alkyl halides is 1. The van der Waals surface area contributed by atoms with Crippen molar-refractivity contribution in [2.45, 2.75) is 12.8 Å². The van der Waals surface area contributed by atoms with Gasteiger partial charge in [0.25, 0.3) is 0 Å². The Kier molecular flexibility index (Phi) is 3.63. The van der Waals surface area contributed by atoms with Crippen molar-refractivity contribution in [3.63, 3.8) is 0 Å². The number of allylic oxidation sites excluding steroid dienone is 3. The molecule has 0 radical (unpaired) electrons. The van der Waals surface area contributed by atoms with Crippen LogP contribution in [-0.4, -0.2) is 13.3 Å². The van der Waals surface area contributed by atoms with Gasteiger partial charge in [-0.15, -0.1) is 0 Å². The highest BCUT2D eigenvalue weighted by molar-refractivity contribution is 9.11. The van der Waals surface area contributed by atoms with Crippen LogP contribution in [0.1, 0.15) is 12.8 Å². The van der Waals surface area contributed by atoms with Crippen molar-refractivity contribution in [2.24, 2.45) is 0 Å². The Hall–Kier alpha value is -0.310. The van der Waals surface area contributed by atoms with E-state index in [0.29, 0.717) is 0 Å². The van der Waals surface area contributed by atoms with E-state index in [1.54, 1.807) is 0 Å². The molecule has 0 aromatic rings. The van der Waals surface area contributed by atoms with Crippen molar-refractivity contribution in [1.82, 2.24) is 0 Å². The Balaban J connectivity index is 2.43. The van der Waals surface area contributed by atoms with E-state index in [9.17, 15) is 4.39 Å². The van der Waals surface area contributed by atoms with Crippen LogP contribution in [0.3, 0.4) is 0 Å². The summed E-state index contributed by atoms with van der Waals surface area (Å²) in [7, 11) is 0. The molecule has 0 saturated carbocycles. The van der Waals surface area contributed by atoms with Crippen molar-refractivity contribution >= 4 is 15.9 Å². The maximum absolute atomic E-state index is 11.7. The molecule has 0 saturated heterocycles. The third-order valence-corrected chi connectivity index (χ3v) is 2.10. The topological polar surface area (TPSA) is 9.23 Å². The van der Waals surface area contributed by atoms with Crippen molar-refractivity contribution < 1.29 is 9.13 Å². The molecule has 0 N–H and O–H groups in total. The second kappa shape index (κ2) is 4.54. The summed E-state index contributed by atoms with van der Waals surface area (Å²) in [6.07, 6.45) is 6.02. The molecule has 1 nitrogen and oxygen atoms in total. The van der Waals surface area contributed by atoms with Gasteiger partial charge in [0.15, 0.2) is 0 Å². The van der Waals surface area contributed by atoms with Gasteiger partial charge in [-0.2, -0.15) is 0 Å². The normalized spacial score (nSPS) is 17.3. The number of ether oxygens (including phenoxy) is 1. The predicted octanol–water partition coefficient (Wildman–Crippen LogP) is 2.93. The summed E-state index contributed by atoms with van der Waals surface area (Å²) >= 11 is 3.33. The smallest absolute Gasteiger partial charge is 0.129 e. The fourth-order valence-corrected chi connectivity index (χ4v) is 1.40. The SMILES string of the molecule is FCCOC1=CCCC=C1Br. The predicted molar refractivity (Wildman–Crippen MR) is 46.3 cm³/mol. The average Bonchev–Trinajstić information content (AvgIpc) is 2.03. The summed E-state index contributed by atoms with van der Waals surface area (Å²) in [6, 6.07) is 0. The molecule has 0 unspecified atom stereocenters. The summed E-state index contributed by atoms with van der Waals surface area (Å²) in [5.74, 6) is 0.772. The molecule has 0 fully saturated rings. The van der Waals surface area contributed by atoms with Gasteiger partial charge in [0.05, 0.1) is 4.48 Å². The molecule has 1 aliphatic rings. The lowest BCUT2D eigenvalue weighted by Gasteiger charge is -2.11. The van der Waals surface area contributed by atoms with Crippen LogP contribution in [-0.2, 0) is 4.74 Å². The van der Waals surface area contributed by atoms with E-state index in [-0.39, 0.29) is 6.61 Å². The van der Waals surface area contributed by atoms with Gasteiger partial charge < -0.3 is 4.74 Å². The highest BCUT2D eigenvalue weighted by Gasteiger charge is 2.05. The van der Waals surface area contributed by atoms with Crippen LogP contribution in [0.4, 0.5) is 4.39 Å². The first-order valence-electron chi connectivity index (χ1n) is 3.59. The summed E-state index contributed by atoms with van der Waals surface area (Å²) in [5, 5.41) is 0. The molecular formula is C8H10BrFO. The Morgan fingerprint density at radius 1 is 1.45 bits per heavy atom. The minimum atomic E-state index is -0.433. The van der Waals surface area contributed by atoms with Gasteiger partial charge in [-0.1, -0.05) is 6.08 Å². The lowest BCUT2D eigenvalue weighted by Crippen LogP contribution is -1.99. The quantitative estimate of drug-likeness (QED) is 0.711. The van der Waals surface area contributed by atoms with Crippen molar-refractivity contribution in [1.29, 1.82) is 0 Å². The molecule has 0 aliphatic heterocycles. The van der Waals surface area contributed by atoms with E-state index in [0.717, 1.165) is 23.1 Å². The average molecular weight is 221 g/mol. The summed E-state index contributed by atoms with van der Waals surface area (Å²) in [5.41, 5.74) is 0. The number of halogens is 2. The summed E-state index contributed by atoms with van der Waals surface area (Å²) in [4.78, 5) is 0. The summed E-state index contributed by atoms with van der Waals surface area (Å²) in [6.45, 7) is -0.285. The Labute approximate surface area is 74.1 Å². The Morgan fingerprint density at radius 2 is 2.18 bits per heavy atom. The monoisotopic (exact) mass is 220 g/mol. The first kappa shape index (κ1) is 8.78. The highest BCUT2D eigenvalue weighted by Crippen LogP contribution is 2.24. The zero-order valence-corrected chi connectivity index (χ0v) is 7.73. The fourth-order valence-electron chi connectivity index (χ4n) is 0.899. The third-order valence-electron chi connectivity index (χ3n) is 1.39. The third kappa shape index (κ3) is 2.66. The van der Waals surface area contributed by atoms with Crippen molar-refractivity contribution in [3.05, 3.63) is 22.4 Å². The molecule has 11 heavy (non-hydrogen) atoms. The highest BCUT2D eigenvalue weighted by atomic mass is 79.9. The number of hydrogen-bond acceptors (Lipinski definition) is 1. The zero-order valence-electron chi connectivity index (χ0n) is 6.15. The van der Waals surface area contributed by atoms with Crippen LogP contribution in [0.2, 0.25) is 0 Å². The van der Waals surface area contributed by atoms with Gasteiger partial charge in [0, 0.05) is 0 Å². The molecular weight excluding hydrogens is 211 g/mol. The maximum atomic E-state index is 11.7.